The summed E-state index contributed by atoms with van der Waals surface area (Å²) in [7, 11) is 0. The standard InChI is InChI=1S/C18H25NO5/c1-13(17(22)23-12-14-8-6-5-7-9-14)19-15(20)10-11-16(21)24-18(2,3)4/h5-9,13H,10-12H2,1-4H3,(H,19,20)/t13-/m0/s1. The van der Waals surface area contributed by atoms with Gasteiger partial charge in [0.1, 0.15) is 18.2 Å². The highest BCUT2D eigenvalue weighted by Gasteiger charge is 2.20. The lowest BCUT2D eigenvalue weighted by molar-refractivity contribution is -0.155. The Bertz CT molecular complexity index is 563. The first-order chi connectivity index (χ1) is 11.2. The minimum atomic E-state index is -0.778. The quantitative estimate of drug-likeness (QED) is 0.774. The SMILES string of the molecule is C[C@H](NC(=O)CCC(=O)OC(C)(C)C)C(=O)OCc1ccccc1. The van der Waals surface area contributed by atoms with Gasteiger partial charge in [-0.1, -0.05) is 30.3 Å². The number of nitrogens with one attached hydrogen (secondary N) is 1. The van der Waals surface area contributed by atoms with Crippen LogP contribution in [0.15, 0.2) is 30.3 Å². The molecule has 6 nitrogen and oxygen atoms in total. The van der Waals surface area contributed by atoms with Crippen LogP contribution in [0.25, 0.3) is 0 Å². The van der Waals surface area contributed by atoms with Crippen molar-refractivity contribution in [3.05, 3.63) is 35.9 Å². The molecule has 1 atom stereocenters. The van der Waals surface area contributed by atoms with E-state index in [0.29, 0.717) is 0 Å². The minimum absolute atomic E-state index is 0.0329. The Morgan fingerprint density at radius 1 is 1.08 bits per heavy atom. The van der Waals surface area contributed by atoms with E-state index in [-0.39, 0.29) is 19.4 Å². The maximum Gasteiger partial charge on any atom is 0.328 e. The average Bonchev–Trinajstić information content (AvgIpc) is 2.50. The lowest BCUT2D eigenvalue weighted by Gasteiger charge is -2.19. The van der Waals surface area contributed by atoms with Crippen molar-refractivity contribution >= 4 is 17.8 Å². The molecule has 0 saturated heterocycles. The van der Waals surface area contributed by atoms with E-state index in [1.165, 1.54) is 0 Å². The Balaban J connectivity index is 2.30. The fourth-order valence-electron chi connectivity index (χ4n) is 1.83. The smallest absolute Gasteiger partial charge is 0.328 e. The van der Waals surface area contributed by atoms with E-state index in [1.807, 2.05) is 30.3 Å². The monoisotopic (exact) mass is 335 g/mol. The molecule has 0 unspecified atom stereocenters. The summed E-state index contributed by atoms with van der Waals surface area (Å²) >= 11 is 0. The molecule has 0 bridgehead atoms. The largest absolute Gasteiger partial charge is 0.460 e. The summed E-state index contributed by atoms with van der Waals surface area (Å²) in [4.78, 5) is 35.2. The summed E-state index contributed by atoms with van der Waals surface area (Å²) in [5.41, 5.74) is 0.288. The van der Waals surface area contributed by atoms with Crippen molar-refractivity contribution in [2.75, 3.05) is 0 Å². The summed E-state index contributed by atoms with van der Waals surface area (Å²) in [6.07, 6.45) is -0.0693. The summed E-state index contributed by atoms with van der Waals surface area (Å²) in [6, 6.07) is 8.49. The highest BCUT2D eigenvalue weighted by molar-refractivity contribution is 5.86. The second-order valence-electron chi connectivity index (χ2n) is 6.47. The molecule has 0 heterocycles. The van der Waals surface area contributed by atoms with Crippen LogP contribution in [-0.2, 0) is 30.5 Å². The zero-order valence-corrected chi connectivity index (χ0v) is 14.6. The third kappa shape index (κ3) is 8.31. The number of carbonyl (C=O) groups is 3. The molecular formula is C18H25NO5. The molecule has 0 aromatic heterocycles. The van der Waals surface area contributed by atoms with Gasteiger partial charge in [-0.2, -0.15) is 0 Å². The molecule has 1 N–H and O–H groups in total. The molecule has 132 valence electrons. The van der Waals surface area contributed by atoms with E-state index in [1.54, 1.807) is 27.7 Å². The molecule has 0 aliphatic carbocycles. The van der Waals surface area contributed by atoms with Crippen LogP contribution in [0.5, 0.6) is 0 Å². The van der Waals surface area contributed by atoms with E-state index < -0.39 is 29.5 Å². The van der Waals surface area contributed by atoms with Crippen LogP contribution in [0.1, 0.15) is 46.1 Å². The molecule has 0 saturated carbocycles. The van der Waals surface area contributed by atoms with Gasteiger partial charge in [0.2, 0.25) is 5.91 Å². The molecule has 0 aliphatic heterocycles. The van der Waals surface area contributed by atoms with Gasteiger partial charge in [-0.3, -0.25) is 9.59 Å². The molecule has 1 amide bonds. The Morgan fingerprint density at radius 3 is 2.29 bits per heavy atom. The van der Waals surface area contributed by atoms with Crippen LogP contribution in [0.4, 0.5) is 0 Å². The Morgan fingerprint density at radius 2 is 1.71 bits per heavy atom. The van der Waals surface area contributed by atoms with Gasteiger partial charge < -0.3 is 14.8 Å². The van der Waals surface area contributed by atoms with E-state index in [2.05, 4.69) is 5.32 Å². The summed E-state index contributed by atoms with van der Waals surface area (Å²) in [5, 5.41) is 2.51. The van der Waals surface area contributed by atoms with Crippen LogP contribution in [0.3, 0.4) is 0 Å². The second kappa shape index (κ2) is 9.05. The molecule has 0 fully saturated rings. The minimum Gasteiger partial charge on any atom is -0.460 e. The van der Waals surface area contributed by atoms with E-state index in [0.717, 1.165) is 5.56 Å². The van der Waals surface area contributed by atoms with E-state index in [9.17, 15) is 14.4 Å². The van der Waals surface area contributed by atoms with Gasteiger partial charge >= 0.3 is 11.9 Å². The van der Waals surface area contributed by atoms with Gasteiger partial charge in [0.15, 0.2) is 0 Å². The maximum absolute atomic E-state index is 11.8. The maximum atomic E-state index is 11.8. The molecule has 1 aromatic carbocycles. The number of ether oxygens (including phenoxy) is 2. The Hall–Kier alpha value is -2.37. The third-order valence-corrected chi connectivity index (χ3v) is 2.93. The van der Waals surface area contributed by atoms with Crippen molar-refractivity contribution in [1.82, 2.24) is 5.32 Å². The molecule has 6 heteroatoms. The fourth-order valence-corrected chi connectivity index (χ4v) is 1.83. The van der Waals surface area contributed by atoms with Crippen molar-refractivity contribution in [3.8, 4) is 0 Å². The number of rotatable bonds is 7. The highest BCUT2D eigenvalue weighted by atomic mass is 16.6. The second-order valence-corrected chi connectivity index (χ2v) is 6.47. The van der Waals surface area contributed by atoms with Crippen LogP contribution < -0.4 is 5.32 Å². The van der Waals surface area contributed by atoms with Crippen molar-refractivity contribution in [2.24, 2.45) is 0 Å². The molecule has 0 aliphatic rings. The van der Waals surface area contributed by atoms with Gasteiger partial charge in [0.05, 0.1) is 6.42 Å². The van der Waals surface area contributed by atoms with Crippen LogP contribution >= 0.6 is 0 Å². The number of hydrogen-bond acceptors (Lipinski definition) is 5. The van der Waals surface area contributed by atoms with Gasteiger partial charge in [-0.05, 0) is 33.3 Å². The first kappa shape index (κ1) is 19.7. The lowest BCUT2D eigenvalue weighted by Crippen LogP contribution is -2.39. The van der Waals surface area contributed by atoms with Gasteiger partial charge in [0, 0.05) is 6.42 Å². The molecule has 0 radical (unpaired) electrons. The predicted molar refractivity (Wildman–Crippen MR) is 88.9 cm³/mol. The summed E-state index contributed by atoms with van der Waals surface area (Å²) < 4.78 is 10.3. The van der Waals surface area contributed by atoms with E-state index in [4.69, 9.17) is 9.47 Å². The normalized spacial score (nSPS) is 12.2. The van der Waals surface area contributed by atoms with Crippen LogP contribution in [0, 0.1) is 0 Å². The highest BCUT2D eigenvalue weighted by Crippen LogP contribution is 2.09. The number of amides is 1. The topological polar surface area (TPSA) is 81.7 Å². The predicted octanol–water partition coefficient (Wildman–Crippen LogP) is 2.36. The molecule has 1 rings (SSSR count). The zero-order valence-electron chi connectivity index (χ0n) is 14.6. The van der Waals surface area contributed by atoms with Crippen molar-refractivity contribution < 1.29 is 23.9 Å². The molecule has 0 spiro atoms. The summed E-state index contributed by atoms with van der Waals surface area (Å²) in [5.74, 6) is -1.37. The fraction of sp³-hybridized carbons (Fsp3) is 0.500. The van der Waals surface area contributed by atoms with Gasteiger partial charge in [-0.15, -0.1) is 0 Å². The number of benzene rings is 1. The van der Waals surface area contributed by atoms with Crippen molar-refractivity contribution in [2.45, 2.75) is 58.8 Å². The average molecular weight is 335 g/mol. The Kier molecular flexibility index (Phi) is 7.42. The Labute approximate surface area is 142 Å². The lowest BCUT2D eigenvalue weighted by atomic mass is 10.2. The third-order valence-electron chi connectivity index (χ3n) is 2.93. The van der Waals surface area contributed by atoms with E-state index >= 15 is 0 Å². The zero-order chi connectivity index (χ0) is 18.2. The van der Waals surface area contributed by atoms with Gasteiger partial charge in [-0.25, -0.2) is 4.79 Å². The molecule has 1 aromatic rings. The van der Waals surface area contributed by atoms with Gasteiger partial charge in [0.25, 0.3) is 0 Å². The van der Waals surface area contributed by atoms with Crippen LogP contribution in [0.2, 0.25) is 0 Å². The number of carbonyl (C=O) groups excluding carboxylic acids is 3. The molecular weight excluding hydrogens is 310 g/mol. The number of hydrogen-bond donors (Lipinski definition) is 1. The summed E-state index contributed by atoms with van der Waals surface area (Å²) in [6.45, 7) is 6.97. The number of esters is 2. The van der Waals surface area contributed by atoms with Crippen LogP contribution in [-0.4, -0.2) is 29.5 Å². The van der Waals surface area contributed by atoms with Crippen molar-refractivity contribution in [3.63, 3.8) is 0 Å². The first-order valence-electron chi connectivity index (χ1n) is 7.89. The first-order valence-corrected chi connectivity index (χ1v) is 7.89. The van der Waals surface area contributed by atoms with Crippen molar-refractivity contribution in [1.29, 1.82) is 0 Å². The molecule has 24 heavy (non-hydrogen) atoms.